The summed E-state index contributed by atoms with van der Waals surface area (Å²) in [5, 5.41) is 13.2. The van der Waals surface area contributed by atoms with Gasteiger partial charge in [-0.15, -0.1) is 0 Å². The van der Waals surface area contributed by atoms with Gasteiger partial charge in [-0.3, -0.25) is 4.79 Å². The van der Waals surface area contributed by atoms with Crippen LogP contribution in [0.2, 0.25) is 0 Å². The smallest absolute Gasteiger partial charge is 0.277 e. The number of carbonyl (C=O) groups is 1. The van der Waals surface area contributed by atoms with E-state index in [1.165, 1.54) is 6.42 Å². The van der Waals surface area contributed by atoms with E-state index in [0.717, 1.165) is 18.6 Å². The molecule has 5 nitrogen and oxygen atoms in total. The van der Waals surface area contributed by atoms with Gasteiger partial charge in [0.25, 0.3) is 5.91 Å². The minimum absolute atomic E-state index is 0.158. The van der Waals surface area contributed by atoms with Crippen molar-refractivity contribution >= 4 is 11.6 Å². The average Bonchev–Trinajstić information content (AvgIpc) is 2.49. The number of rotatable bonds is 4. The van der Waals surface area contributed by atoms with Crippen LogP contribution in [0, 0.1) is 22.7 Å². The van der Waals surface area contributed by atoms with Crippen molar-refractivity contribution in [2.75, 3.05) is 6.61 Å². The molecule has 1 aromatic rings. The standard InChI is InChI=1S/C18H23N3O2/c1-13-8-15(10-18(2,3)9-13)20-21-17(22)12-23-16-7-5-4-6-14(16)11-19/h4-7,13H,8-10,12H2,1-3H3,(H,21,22)/b20-15-/t13-/m1/s1. The highest BCUT2D eigenvalue weighted by atomic mass is 16.5. The van der Waals surface area contributed by atoms with Crippen LogP contribution < -0.4 is 10.2 Å². The van der Waals surface area contributed by atoms with Crippen LogP contribution in [0.15, 0.2) is 29.4 Å². The zero-order valence-corrected chi connectivity index (χ0v) is 13.9. The Bertz CT molecular complexity index is 644. The van der Waals surface area contributed by atoms with E-state index >= 15 is 0 Å². The number of carbonyl (C=O) groups excluding carboxylic acids is 1. The Hall–Kier alpha value is -2.35. The number of hydrogen-bond acceptors (Lipinski definition) is 4. The van der Waals surface area contributed by atoms with Crippen molar-refractivity contribution in [2.24, 2.45) is 16.4 Å². The number of amides is 1. The fourth-order valence-electron chi connectivity index (χ4n) is 3.20. The molecule has 0 unspecified atom stereocenters. The number of ether oxygens (including phenoxy) is 1. The quantitative estimate of drug-likeness (QED) is 0.867. The van der Waals surface area contributed by atoms with E-state index in [-0.39, 0.29) is 17.9 Å². The van der Waals surface area contributed by atoms with E-state index in [2.05, 4.69) is 31.3 Å². The molecule has 1 amide bonds. The van der Waals surface area contributed by atoms with Crippen molar-refractivity contribution in [3.05, 3.63) is 29.8 Å². The largest absolute Gasteiger partial charge is 0.482 e. The van der Waals surface area contributed by atoms with Gasteiger partial charge in [0, 0.05) is 5.71 Å². The summed E-state index contributed by atoms with van der Waals surface area (Å²) >= 11 is 0. The lowest BCUT2D eigenvalue weighted by atomic mass is 9.72. The maximum atomic E-state index is 11.9. The van der Waals surface area contributed by atoms with Gasteiger partial charge in [0.15, 0.2) is 6.61 Å². The summed E-state index contributed by atoms with van der Waals surface area (Å²) in [4.78, 5) is 11.9. The van der Waals surface area contributed by atoms with Gasteiger partial charge in [0.2, 0.25) is 0 Å². The molecule has 0 aromatic heterocycles. The first kappa shape index (κ1) is 17.0. The Kier molecular flexibility index (Phi) is 5.38. The van der Waals surface area contributed by atoms with Gasteiger partial charge in [-0.2, -0.15) is 10.4 Å². The zero-order valence-electron chi connectivity index (χ0n) is 13.9. The molecule has 0 heterocycles. The highest BCUT2D eigenvalue weighted by molar-refractivity contribution is 5.87. The van der Waals surface area contributed by atoms with Crippen molar-refractivity contribution in [1.29, 1.82) is 5.26 Å². The molecule has 0 radical (unpaired) electrons. The SMILES string of the molecule is C[C@@H]1C/C(=N/NC(=O)COc2ccccc2C#N)CC(C)(C)C1. The van der Waals surface area contributed by atoms with Crippen LogP contribution in [0.25, 0.3) is 0 Å². The number of nitriles is 1. The Balaban J connectivity index is 1.88. The monoisotopic (exact) mass is 313 g/mol. The number of nitrogens with one attached hydrogen (secondary N) is 1. The van der Waals surface area contributed by atoms with E-state index in [9.17, 15) is 4.79 Å². The first-order chi connectivity index (χ1) is 10.9. The van der Waals surface area contributed by atoms with Crippen LogP contribution in [0.3, 0.4) is 0 Å². The normalized spacial score (nSPS) is 21.5. The summed E-state index contributed by atoms with van der Waals surface area (Å²) in [6.45, 7) is 6.50. The third kappa shape index (κ3) is 5.10. The summed E-state index contributed by atoms with van der Waals surface area (Å²) in [6.07, 6.45) is 2.99. The Morgan fingerprint density at radius 3 is 2.91 bits per heavy atom. The van der Waals surface area contributed by atoms with Crippen molar-refractivity contribution in [1.82, 2.24) is 5.43 Å². The average molecular weight is 313 g/mol. The number of hydrazone groups is 1. The number of hydrogen-bond donors (Lipinski definition) is 1. The molecule has 23 heavy (non-hydrogen) atoms. The molecular formula is C18H23N3O2. The first-order valence-corrected chi connectivity index (χ1v) is 7.86. The van der Waals surface area contributed by atoms with Gasteiger partial charge in [0.1, 0.15) is 11.8 Å². The Morgan fingerprint density at radius 2 is 2.22 bits per heavy atom. The maximum Gasteiger partial charge on any atom is 0.277 e. The first-order valence-electron chi connectivity index (χ1n) is 7.86. The molecule has 0 saturated heterocycles. The topological polar surface area (TPSA) is 74.5 Å². The summed E-state index contributed by atoms with van der Waals surface area (Å²) in [6, 6.07) is 8.87. The number of benzene rings is 1. The predicted molar refractivity (Wildman–Crippen MR) is 89.0 cm³/mol. The second kappa shape index (κ2) is 7.28. The van der Waals surface area contributed by atoms with Crippen LogP contribution in [0.5, 0.6) is 5.75 Å². The van der Waals surface area contributed by atoms with Crippen LogP contribution in [-0.2, 0) is 4.79 Å². The third-order valence-electron chi connectivity index (χ3n) is 3.87. The van der Waals surface area contributed by atoms with Crippen molar-refractivity contribution in [3.8, 4) is 11.8 Å². The maximum absolute atomic E-state index is 11.9. The van der Waals surface area contributed by atoms with Crippen molar-refractivity contribution in [2.45, 2.75) is 40.0 Å². The fourth-order valence-corrected chi connectivity index (χ4v) is 3.20. The van der Waals surface area contributed by atoms with Crippen LogP contribution >= 0.6 is 0 Å². The molecule has 1 N–H and O–H groups in total. The zero-order chi connectivity index (χ0) is 16.9. The number of para-hydroxylation sites is 1. The Labute approximate surface area is 137 Å². The molecule has 0 spiro atoms. The lowest BCUT2D eigenvalue weighted by Gasteiger charge is -2.34. The summed E-state index contributed by atoms with van der Waals surface area (Å²) in [5.74, 6) is 0.666. The van der Waals surface area contributed by atoms with Gasteiger partial charge in [-0.1, -0.05) is 32.9 Å². The second-order valence-electron chi connectivity index (χ2n) is 6.96. The minimum Gasteiger partial charge on any atom is -0.482 e. The van der Waals surface area contributed by atoms with E-state index in [0.29, 0.717) is 17.2 Å². The van der Waals surface area contributed by atoms with Crippen LogP contribution in [0.1, 0.15) is 45.6 Å². The highest BCUT2D eigenvalue weighted by Crippen LogP contribution is 2.36. The van der Waals surface area contributed by atoms with Crippen LogP contribution in [-0.4, -0.2) is 18.2 Å². The van der Waals surface area contributed by atoms with E-state index in [1.54, 1.807) is 24.3 Å². The van der Waals surface area contributed by atoms with Gasteiger partial charge in [0.05, 0.1) is 5.56 Å². The molecule has 0 aliphatic heterocycles. The van der Waals surface area contributed by atoms with Gasteiger partial charge in [-0.25, -0.2) is 5.43 Å². The number of nitrogens with zero attached hydrogens (tertiary/aromatic N) is 2. The third-order valence-corrected chi connectivity index (χ3v) is 3.87. The summed E-state index contributed by atoms with van der Waals surface area (Å²) in [5.41, 5.74) is 4.22. The van der Waals surface area contributed by atoms with Gasteiger partial charge >= 0.3 is 0 Å². The molecular weight excluding hydrogens is 290 g/mol. The molecule has 1 fully saturated rings. The summed E-state index contributed by atoms with van der Waals surface area (Å²) < 4.78 is 5.39. The van der Waals surface area contributed by atoms with Gasteiger partial charge < -0.3 is 4.74 Å². The molecule has 1 atom stereocenters. The molecule has 122 valence electrons. The molecule has 1 aliphatic carbocycles. The van der Waals surface area contributed by atoms with E-state index < -0.39 is 0 Å². The van der Waals surface area contributed by atoms with Crippen molar-refractivity contribution < 1.29 is 9.53 Å². The molecule has 1 saturated carbocycles. The molecule has 0 bridgehead atoms. The van der Waals surface area contributed by atoms with E-state index in [1.807, 2.05) is 6.07 Å². The van der Waals surface area contributed by atoms with Crippen LogP contribution in [0.4, 0.5) is 0 Å². The minimum atomic E-state index is -0.318. The molecule has 5 heteroatoms. The molecule has 2 rings (SSSR count). The fraction of sp³-hybridized carbons (Fsp3) is 0.500. The van der Waals surface area contributed by atoms with Crippen molar-refractivity contribution in [3.63, 3.8) is 0 Å². The lowest BCUT2D eigenvalue weighted by molar-refractivity contribution is -0.123. The highest BCUT2D eigenvalue weighted by Gasteiger charge is 2.29. The Morgan fingerprint density at radius 1 is 1.48 bits per heavy atom. The van der Waals surface area contributed by atoms with Gasteiger partial charge in [-0.05, 0) is 42.7 Å². The lowest BCUT2D eigenvalue weighted by Crippen LogP contribution is -2.31. The second-order valence-corrected chi connectivity index (χ2v) is 6.96. The molecule has 1 aromatic carbocycles. The van der Waals surface area contributed by atoms with E-state index in [4.69, 9.17) is 10.00 Å². The molecule has 1 aliphatic rings. The summed E-state index contributed by atoms with van der Waals surface area (Å²) in [7, 11) is 0. The predicted octanol–water partition coefficient (Wildman–Crippen LogP) is 3.26.